The van der Waals surface area contributed by atoms with Crippen molar-refractivity contribution in [3.05, 3.63) is 53.6 Å². The van der Waals surface area contributed by atoms with Crippen LogP contribution in [0, 0.1) is 11.3 Å². The topological polar surface area (TPSA) is 55.0 Å². The minimum atomic E-state index is 0.619. The summed E-state index contributed by atoms with van der Waals surface area (Å²) in [5.74, 6) is 0.727. The molecule has 0 unspecified atom stereocenters. The Balaban J connectivity index is 2.33. The summed E-state index contributed by atoms with van der Waals surface area (Å²) < 4.78 is 7.40. The molecule has 0 bridgehead atoms. The summed E-state index contributed by atoms with van der Waals surface area (Å²) in [5.41, 5.74) is 4.03. The molecule has 0 saturated carbocycles. The van der Waals surface area contributed by atoms with E-state index in [9.17, 15) is 10.1 Å². The zero-order valence-electron chi connectivity index (χ0n) is 13.0. The molecule has 23 heavy (non-hydrogen) atoms. The molecule has 0 aliphatic heterocycles. The Kier molecular flexibility index (Phi) is 3.86. The van der Waals surface area contributed by atoms with Crippen LogP contribution in [0.3, 0.4) is 0 Å². The van der Waals surface area contributed by atoms with Crippen LogP contribution in [0.15, 0.2) is 42.5 Å². The van der Waals surface area contributed by atoms with Crippen LogP contribution in [-0.2, 0) is 6.54 Å². The second-order valence-electron chi connectivity index (χ2n) is 5.20. The van der Waals surface area contributed by atoms with Crippen LogP contribution in [0.1, 0.15) is 22.8 Å². The molecule has 2 aromatic carbocycles. The number of aromatic nitrogens is 1. The number of ether oxygens (including phenoxy) is 1. The van der Waals surface area contributed by atoms with Gasteiger partial charge in [-0.05, 0) is 30.7 Å². The van der Waals surface area contributed by atoms with Gasteiger partial charge in [0.05, 0.1) is 23.9 Å². The zero-order valence-corrected chi connectivity index (χ0v) is 13.0. The Morgan fingerprint density at radius 1 is 1.22 bits per heavy atom. The van der Waals surface area contributed by atoms with Crippen molar-refractivity contribution >= 4 is 17.2 Å². The van der Waals surface area contributed by atoms with Gasteiger partial charge in [0.2, 0.25) is 0 Å². The Hall–Kier alpha value is -3.06. The van der Waals surface area contributed by atoms with E-state index in [1.165, 1.54) is 0 Å². The van der Waals surface area contributed by atoms with Crippen LogP contribution < -0.4 is 4.74 Å². The quantitative estimate of drug-likeness (QED) is 0.684. The van der Waals surface area contributed by atoms with Crippen molar-refractivity contribution in [1.29, 1.82) is 5.26 Å². The van der Waals surface area contributed by atoms with Gasteiger partial charge in [-0.15, -0.1) is 0 Å². The maximum atomic E-state index is 10.8. The summed E-state index contributed by atoms with van der Waals surface area (Å²) in [6.07, 6.45) is 0.815. The van der Waals surface area contributed by atoms with Crippen LogP contribution in [-0.4, -0.2) is 18.0 Å². The van der Waals surface area contributed by atoms with E-state index < -0.39 is 0 Å². The van der Waals surface area contributed by atoms with Gasteiger partial charge in [0.25, 0.3) is 0 Å². The van der Waals surface area contributed by atoms with Gasteiger partial charge in [0, 0.05) is 17.5 Å². The van der Waals surface area contributed by atoms with Crippen LogP contribution in [0.4, 0.5) is 0 Å². The molecule has 0 amide bonds. The molecule has 114 valence electrons. The number of aryl methyl sites for hydroxylation is 1. The lowest BCUT2D eigenvalue weighted by Gasteiger charge is -2.09. The molecule has 4 nitrogen and oxygen atoms in total. The third-order valence-electron chi connectivity index (χ3n) is 4.02. The van der Waals surface area contributed by atoms with Gasteiger partial charge in [0.15, 0.2) is 0 Å². The Morgan fingerprint density at radius 3 is 2.52 bits per heavy atom. The van der Waals surface area contributed by atoms with Crippen LogP contribution in [0.25, 0.3) is 22.2 Å². The highest BCUT2D eigenvalue weighted by Gasteiger charge is 2.18. The van der Waals surface area contributed by atoms with Gasteiger partial charge >= 0.3 is 0 Å². The summed E-state index contributed by atoms with van der Waals surface area (Å²) in [6, 6.07) is 15.4. The lowest BCUT2D eigenvalue weighted by atomic mass is 10.0. The molecule has 0 spiro atoms. The van der Waals surface area contributed by atoms with Crippen molar-refractivity contribution in [3.8, 4) is 23.1 Å². The number of hydrogen-bond acceptors (Lipinski definition) is 3. The second-order valence-corrected chi connectivity index (χ2v) is 5.20. The van der Waals surface area contributed by atoms with Crippen LogP contribution >= 0.6 is 0 Å². The zero-order chi connectivity index (χ0) is 16.4. The van der Waals surface area contributed by atoms with Gasteiger partial charge in [-0.3, -0.25) is 4.79 Å². The van der Waals surface area contributed by atoms with E-state index >= 15 is 0 Å². The third kappa shape index (κ3) is 2.36. The highest BCUT2D eigenvalue weighted by Crippen LogP contribution is 2.35. The normalized spacial score (nSPS) is 10.5. The molecular formula is C19H16N2O2. The molecule has 1 aromatic heterocycles. The number of methoxy groups -OCH3 is 1. The first-order valence-electron chi connectivity index (χ1n) is 7.39. The molecule has 0 fully saturated rings. The van der Waals surface area contributed by atoms with E-state index in [1.807, 2.05) is 37.3 Å². The van der Waals surface area contributed by atoms with Crippen molar-refractivity contribution in [2.45, 2.75) is 13.5 Å². The first kappa shape index (κ1) is 14.9. The maximum Gasteiger partial charge on any atom is 0.150 e. The average molecular weight is 304 g/mol. The number of fused-ring (bicyclic) bond motifs is 1. The van der Waals surface area contributed by atoms with Gasteiger partial charge in [0.1, 0.15) is 18.1 Å². The predicted octanol–water partition coefficient (Wildman–Crippen LogP) is 4.02. The fraction of sp³-hybridized carbons (Fsp3) is 0.158. The molecule has 0 saturated heterocycles. The number of hydrogen-bond donors (Lipinski definition) is 0. The number of rotatable bonds is 4. The Bertz CT molecular complexity index is 915. The summed E-state index contributed by atoms with van der Waals surface area (Å²) >= 11 is 0. The highest BCUT2D eigenvalue weighted by atomic mass is 16.5. The van der Waals surface area contributed by atoms with Crippen molar-refractivity contribution in [2.75, 3.05) is 7.11 Å². The number of nitrogens with zero attached hydrogens (tertiary/aromatic N) is 2. The summed E-state index contributed by atoms with van der Waals surface area (Å²) in [6.45, 7) is 2.80. The SMILES string of the molecule is CCn1c(-c2ccc(C=O)cc2)c(C#N)c2cc(OC)ccc21. The van der Waals surface area contributed by atoms with Crippen molar-refractivity contribution in [1.82, 2.24) is 4.57 Å². The lowest BCUT2D eigenvalue weighted by Crippen LogP contribution is -1.97. The largest absolute Gasteiger partial charge is 0.497 e. The molecule has 0 aliphatic carbocycles. The summed E-state index contributed by atoms with van der Waals surface area (Å²) in [5, 5.41) is 10.6. The number of carbonyl (C=O) groups excluding carboxylic acids is 1. The highest BCUT2D eigenvalue weighted by molar-refractivity contribution is 5.95. The van der Waals surface area contributed by atoms with Crippen LogP contribution in [0.5, 0.6) is 5.75 Å². The van der Waals surface area contributed by atoms with E-state index in [4.69, 9.17) is 4.74 Å². The number of aldehydes is 1. The van der Waals surface area contributed by atoms with Crippen molar-refractivity contribution in [2.24, 2.45) is 0 Å². The molecule has 0 aliphatic rings. The Labute approximate surface area is 134 Å². The summed E-state index contributed by atoms with van der Waals surface area (Å²) in [4.78, 5) is 10.8. The molecular weight excluding hydrogens is 288 g/mol. The first-order valence-corrected chi connectivity index (χ1v) is 7.39. The standard InChI is InChI=1S/C19H16N2O2/c1-3-21-18-9-8-15(23-2)10-16(18)17(11-20)19(21)14-6-4-13(12-22)5-7-14/h4-10,12H,3H2,1-2H3. The second kappa shape index (κ2) is 5.98. The van der Waals surface area contributed by atoms with Crippen LogP contribution in [0.2, 0.25) is 0 Å². The molecule has 3 aromatic rings. The summed E-state index contributed by atoms with van der Waals surface area (Å²) in [7, 11) is 1.61. The molecule has 3 rings (SSSR count). The average Bonchev–Trinajstić information content (AvgIpc) is 2.94. The third-order valence-corrected chi connectivity index (χ3v) is 4.02. The van der Waals surface area contributed by atoms with E-state index in [2.05, 4.69) is 10.6 Å². The van der Waals surface area contributed by atoms with E-state index in [0.717, 1.165) is 40.7 Å². The maximum absolute atomic E-state index is 10.8. The smallest absolute Gasteiger partial charge is 0.150 e. The van der Waals surface area contributed by atoms with Gasteiger partial charge in [-0.25, -0.2) is 0 Å². The van der Waals surface area contributed by atoms with E-state index in [0.29, 0.717) is 11.1 Å². The fourth-order valence-corrected chi connectivity index (χ4v) is 2.92. The number of carbonyl (C=O) groups is 1. The monoisotopic (exact) mass is 304 g/mol. The fourth-order valence-electron chi connectivity index (χ4n) is 2.92. The number of nitriles is 1. The van der Waals surface area contributed by atoms with Crippen molar-refractivity contribution < 1.29 is 9.53 Å². The molecule has 0 atom stereocenters. The predicted molar refractivity (Wildman–Crippen MR) is 89.7 cm³/mol. The molecule has 4 heteroatoms. The van der Waals surface area contributed by atoms with Crippen molar-refractivity contribution in [3.63, 3.8) is 0 Å². The minimum absolute atomic E-state index is 0.619. The van der Waals surface area contributed by atoms with Gasteiger partial charge in [-0.2, -0.15) is 5.26 Å². The minimum Gasteiger partial charge on any atom is -0.497 e. The van der Waals surface area contributed by atoms with Gasteiger partial charge in [-0.1, -0.05) is 24.3 Å². The molecule has 0 radical (unpaired) electrons. The number of benzene rings is 2. The first-order chi connectivity index (χ1) is 11.2. The Morgan fingerprint density at radius 2 is 1.96 bits per heavy atom. The molecule has 1 heterocycles. The van der Waals surface area contributed by atoms with E-state index in [1.54, 1.807) is 19.2 Å². The lowest BCUT2D eigenvalue weighted by molar-refractivity contribution is 0.112. The van der Waals surface area contributed by atoms with E-state index in [-0.39, 0.29) is 0 Å². The van der Waals surface area contributed by atoms with Gasteiger partial charge < -0.3 is 9.30 Å². The molecule has 0 N–H and O–H groups in total.